The Kier molecular flexibility index (Phi) is 5.03. The number of rotatable bonds is 4. The van der Waals surface area contributed by atoms with Crippen molar-refractivity contribution in [1.82, 2.24) is 5.32 Å². The predicted octanol–water partition coefficient (Wildman–Crippen LogP) is 2.89. The van der Waals surface area contributed by atoms with Crippen LogP contribution in [0.1, 0.15) is 6.42 Å². The van der Waals surface area contributed by atoms with Gasteiger partial charge in [-0.2, -0.15) is 17.0 Å². The average Bonchev–Trinajstić information content (AvgIpc) is 2.84. The van der Waals surface area contributed by atoms with Crippen LogP contribution in [0, 0.1) is 11.3 Å². The second-order valence-electron chi connectivity index (χ2n) is 4.44. The second-order valence-corrected chi connectivity index (χ2v) is 6.42. The van der Waals surface area contributed by atoms with Gasteiger partial charge in [0.1, 0.15) is 11.3 Å². The largest absolute Gasteiger partial charge is 0.484 e. The zero-order chi connectivity index (χ0) is 14.6. The van der Waals surface area contributed by atoms with Crippen molar-refractivity contribution >= 4 is 40.9 Å². The van der Waals surface area contributed by atoms with Crippen LogP contribution in [0.4, 0.5) is 0 Å². The molecule has 1 fully saturated rings. The Hall–Kier alpha value is -1.09. The molecule has 7 heteroatoms. The van der Waals surface area contributed by atoms with Crippen molar-refractivity contribution in [2.24, 2.45) is 0 Å². The van der Waals surface area contributed by atoms with E-state index in [0.29, 0.717) is 28.0 Å². The topological polar surface area (TPSA) is 62.1 Å². The van der Waals surface area contributed by atoms with Crippen LogP contribution < -0.4 is 10.1 Å². The summed E-state index contributed by atoms with van der Waals surface area (Å²) in [7, 11) is 0. The number of ether oxygens (including phenoxy) is 1. The van der Waals surface area contributed by atoms with E-state index in [2.05, 4.69) is 11.4 Å². The highest BCUT2D eigenvalue weighted by Gasteiger charge is 2.36. The molecule has 0 aliphatic carbocycles. The van der Waals surface area contributed by atoms with Gasteiger partial charge in [0.25, 0.3) is 5.91 Å². The van der Waals surface area contributed by atoms with Crippen LogP contribution in [0.15, 0.2) is 18.2 Å². The number of nitrogens with zero attached hydrogens (tertiary/aromatic N) is 1. The minimum Gasteiger partial charge on any atom is -0.484 e. The fourth-order valence-corrected chi connectivity index (χ4v) is 3.62. The van der Waals surface area contributed by atoms with Gasteiger partial charge in [0.15, 0.2) is 6.61 Å². The highest BCUT2D eigenvalue weighted by molar-refractivity contribution is 7.99. The Morgan fingerprint density at radius 3 is 2.70 bits per heavy atom. The van der Waals surface area contributed by atoms with Gasteiger partial charge in [-0.3, -0.25) is 4.79 Å². The van der Waals surface area contributed by atoms with Crippen LogP contribution in [0.5, 0.6) is 5.75 Å². The van der Waals surface area contributed by atoms with Gasteiger partial charge in [0.2, 0.25) is 0 Å². The number of nitrogens with one attached hydrogen (secondary N) is 1. The Bertz CT molecular complexity index is 534. The van der Waals surface area contributed by atoms with Crippen LogP contribution in [-0.2, 0) is 4.79 Å². The number of nitriles is 1. The summed E-state index contributed by atoms with van der Waals surface area (Å²) >= 11 is 13.3. The summed E-state index contributed by atoms with van der Waals surface area (Å²) < 4.78 is 5.33. The van der Waals surface area contributed by atoms with Crippen LogP contribution in [0.3, 0.4) is 0 Å². The first-order valence-corrected chi connectivity index (χ1v) is 7.83. The van der Waals surface area contributed by atoms with Crippen LogP contribution in [0.2, 0.25) is 10.0 Å². The first-order valence-electron chi connectivity index (χ1n) is 5.92. The van der Waals surface area contributed by atoms with Gasteiger partial charge in [-0.25, -0.2) is 0 Å². The second kappa shape index (κ2) is 6.57. The van der Waals surface area contributed by atoms with E-state index >= 15 is 0 Å². The number of hydrogen-bond donors (Lipinski definition) is 1. The van der Waals surface area contributed by atoms with Crippen molar-refractivity contribution in [3.63, 3.8) is 0 Å². The van der Waals surface area contributed by atoms with Crippen LogP contribution in [-0.4, -0.2) is 29.6 Å². The third-order valence-electron chi connectivity index (χ3n) is 2.82. The first-order chi connectivity index (χ1) is 9.53. The minimum atomic E-state index is -0.767. The molecule has 106 valence electrons. The van der Waals surface area contributed by atoms with Gasteiger partial charge < -0.3 is 10.1 Å². The molecule has 1 N–H and O–H groups in total. The molecule has 2 rings (SSSR count). The molecule has 1 amide bonds. The van der Waals surface area contributed by atoms with Crippen LogP contribution >= 0.6 is 35.0 Å². The quantitative estimate of drug-likeness (QED) is 0.921. The SMILES string of the molecule is N#CC1(NC(=O)COc2cc(Cl)cc(Cl)c2)CCSC1. The minimum absolute atomic E-state index is 0.176. The smallest absolute Gasteiger partial charge is 0.259 e. The third-order valence-corrected chi connectivity index (χ3v) is 4.45. The molecule has 1 saturated heterocycles. The fourth-order valence-electron chi connectivity index (χ4n) is 1.84. The van der Waals surface area contributed by atoms with E-state index in [4.69, 9.17) is 33.2 Å². The average molecular weight is 331 g/mol. The van der Waals surface area contributed by atoms with Crippen LogP contribution in [0.25, 0.3) is 0 Å². The molecule has 0 spiro atoms. The lowest BCUT2D eigenvalue weighted by molar-refractivity contribution is -0.124. The van der Waals surface area contributed by atoms with Gasteiger partial charge in [0, 0.05) is 15.8 Å². The van der Waals surface area contributed by atoms with Crippen molar-refractivity contribution < 1.29 is 9.53 Å². The lowest BCUT2D eigenvalue weighted by atomic mass is 10.0. The number of halogens is 2. The van der Waals surface area contributed by atoms with E-state index < -0.39 is 5.54 Å². The van der Waals surface area contributed by atoms with Crippen molar-refractivity contribution in [1.29, 1.82) is 5.26 Å². The lowest BCUT2D eigenvalue weighted by Gasteiger charge is -2.21. The fraction of sp³-hybridized carbons (Fsp3) is 0.385. The van der Waals surface area contributed by atoms with E-state index in [1.54, 1.807) is 30.0 Å². The molecule has 4 nitrogen and oxygen atoms in total. The molecular weight excluding hydrogens is 319 g/mol. The number of carbonyl (C=O) groups is 1. The Morgan fingerprint density at radius 1 is 1.45 bits per heavy atom. The van der Waals surface area contributed by atoms with Gasteiger partial charge in [-0.1, -0.05) is 23.2 Å². The summed E-state index contributed by atoms with van der Waals surface area (Å²) in [4.78, 5) is 11.8. The molecule has 1 heterocycles. The standard InChI is InChI=1S/C13H12Cl2N2O2S/c14-9-3-10(15)5-11(4-9)19-6-12(18)17-13(7-16)1-2-20-8-13/h3-5H,1-2,6,8H2,(H,17,18). The zero-order valence-electron chi connectivity index (χ0n) is 10.5. The molecule has 20 heavy (non-hydrogen) atoms. The molecular formula is C13H12Cl2N2O2S. The Balaban J connectivity index is 1.90. The van der Waals surface area contributed by atoms with Crippen molar-refractivity contribution in [3.05, 3.63) is 28.2 Å². The molecule has 1 unspecified atom stereocenters. The van der Waals surface area contributed by atoms with E-state index in [9.17, 15) is 4.79 Å². The maximum Gasteiger partial charge on any atom is 0.259 e. The summed E-state index contributed by atoms with van der Waals surface area (Å²) in [6.45, 7) is -0.176. The number of benzene rings is 1. The number of carbonyl (C=O) groups excluding carboxylic acids is 1. The van der Waals surface area contributed by atoms with Gasteiger partial charge in [0.05, 0.1) is 6.07 Å². The van der Waals surface area contributed by atoms with Gasteiger partial charge in [-0.05, 0) is 30.4 Å². The highest BCUT2D eigenvalue weighted by atomic mass is 35.5. The summed E-state index contributed by atoms with van der Waals surface area (Å²) in [6.07, 6.45) is 0.656. The number of hydrogen-bond acceptors (Lipinski definition) is 4. The predicted molar refractivity (Wildman–Crippen MR) is 80.4 cm³/mol. The summed E-state index contributed by atoms with van der Waals surface area (Å²) in [5.41, 5.74) is -0.767. The van der Waals surface area contributed by atoms with E-state index in [0.717, 1.165) is 5.75 Å². The molecule has 1 atom stereocenters. The van der Waals surface area contributed by atoms with Crippen molar-refractivity contribution in [2.45, 2.75) is 12.0 Å². The van der Waals surface area contributed by atoms with E-state index in [1.165, 1.54) is 0 Å². The zero-order valence-corrected chi connectivity index (χ0v) is 12.8. The Labute approximate surface area is 131 Å². The van der Waals surface area contributed by atoms with Crippen molar-refractivity contribution in [2.75, 3.05) is 18.1 Å². The molecule has 1 aliphatic heterocycles. The van der Waals surface area contributed by atoms with E-state index in [1.807, 2.05) is 0 Å². The molecule has 0 radical (unpaired) electrons. The van der Waals surface area contributed by atoms with Gasteiger partial charge >= 0.3 is 0 Å². The number of amides is 1. The lowest BCUT2D eigenvalue weighted by Crippen LogP contribution is -2.49. The number of thioether (sulfide) groups is 1. The van der Waals surface area contributed by atoms with Crippen molar-refractivity contribution in [3.8, 4) is 11.8 Å². The maximum absolute atomic E-state index is 11.8. The highest BCUT2D eigenvalue weighted by Crippen LogP contribution is 2.27. The monoisotopic (exact) mass is 330 g/mol. The van der Waals surface area contributed by atoms with Gasteiger partial charge in [-0.15, -0.1) is 0 Å². The molecule has 1 aromatic rings. The molecule has 1 aliphatic rings. The third kappa shape index (κ3) is 3.95. The molecule has 0 aromatic heterocycles. The summed E-state index contributed by atoms with van der Waals surface area (Å²) in [6, 6.07) is 6.91. The summed E-state index contributed by atoms with van der Waals surface area (Å²) in [5.74, 6) is 1.58. The molecule has 1 aromatic carbocycles. The molecule has 0 saturated carbocycles. The summed E-state index contributed by atoms with van der Waals surface area (Å²) in [5, 5.41) is 12.8. The Morgan fingerprint density at radius 2 is 2.15 bits per heavy atom. The normalized spacial score (nSPS) is 21.2. The molecule has 0 bridgehead atoms. The first kappa shape index (κ1) is 15.3. The van der Waals surface area contributed by atoms with E-state index in [-0.39, 0.29) is 12.5 Å². The maximum atomic E-state index is 11.8.